The van der Waals surface area contributed by atoms with Crippen LogP contribution in [-0.4, -0.2) is 23.2 Å². The van der Waals surface area contributed by atoms with Gasteiger partial charge in [-0.1, -0.05) is 29.8 Å². The maximum absolute atomic E-state index is 12.2. The van der Waals surface area contributed by atoms with E-state index >= 15 is 0 Å². The summed E-state index contributed by atoms with van der Waals surface area (Å²) in [5, 5.41) is 14.0. The standard InChI is InChI=1S/C15H20ClNO3/c1-3-6-11-9-13(18)15(14(19)10-11)12(4-2)17-20-8-5-7-16/h3,5,7,11,18H,1,4,6,8-10H2,2H3/b7-5+,17-12-. The fraction of sp³-hybridized carbons (Fsp3) is 0.467. The van der Waals surface area contributed by atoms with Gasteiger partial charge in [-0.15, -0.1) is 6.58 Å². The number of carbonyl (C=O) groups excluding carboxylic acids is 1. The zero-order valence-electron chi connectivity index (χ0n) is 11.6. The van der Waals surface area contributed by atoms with Gasteiger partial charge in [-0.3, -0.25) is 4.79 Å². The zero-order valence-corrected chi connectivity index (χ0v) is 12.4. The number of nitrogens with zero attached hydrogens (tertiary/aromatic N) is 1. The van der Waals surface area contributed by atoms with Gasteiger partial charge in [0.15, 0.2) is 5.78 Å². The molecule has 0 bridgehead atoms. The number of oxime groups is 1. The third-order valence-electron chi connectivity index (χ3n) is 3.08. The first-order chi connectivity index (χ1) is 9.63. The minimum Gasteiger partial charge on any atom is -0.511 e. The fourth-order valence-corrected chi connectivity index (χ4v) is 2.26. The van der Waals surface area contributed by atoms with E-state index in [1.807, 2.05) is 6.92 Å². The lowest BCUT2D eigenvalue weighted by molar-refractivity contribution is -0.116. The normalized spacial score (nSPS) is 20.6. The number of ketones is 1. The van der Waals surface area contributed by atoms with Crippen molar-refractivity contribution in [2.45, 2.75) is 32.6 Å². The van der Waals surface area contributed by atoms with Crippen LogP contribution in [0.5, 0.6) is 0 Å². The van der Waals surface area contributed by atoms with Crippen molar-refractivity contribution in [2.75, 3.05) is 6.61 Å². The van der Waals surface area contributed by atoms with Crippen molar-refractivity contribution >= 4 is 23.1 Å². The first kappa shape index (κ1) is 16.5. The maximum atomic E-state index is 12.2. The Hall–Kier alpha value is -1.55. The van der Waals surface area contributed by atoms with Gasteiger partial charge in [0.05, 0.1) is 11.3 Å². The highest BCUT2D eigenvalue weighted by atomic mass is 35.5. The third-order valence-corrected chi connectivity index (χ3v) is 3.26. The first-order valence-electron chi connectivity index (χ1n) is 6.64. The van der Waals surface area contributed by atoms with E-state index in [2.05, 4.69) is 11.7 Å². The van der Waals surface area contributed by atoms with Gasteiger partial charge in [0.1, 0.15) is 12.4 Å². The van der Waals surface area contributed by atoms with E-state index in [0.29, 0.717) is 30.5 Å². The van der Waals surface area contributed by atoms with Gasteiger partial charge in [0.2, 0.25) is 0 Å². The van der Waals surface area contributed by atoms with E-state index in [-0.39, 0.29) is 24.1 Å². The average molecular weight is 298 g/mol. The molecule has 4 nitrogen and oxygen atoms in total. The minimum atomic E-state index is -0.0855. The second-order valence-corrected chi connectivity index (χ2v) is 4.84. The Labute approximate surface area is 124 Å². The van der Waals surface area contributed by atoms with Gasteiger partial charge in [-0.25, -0.2) is 0 Å². The monoisotopic (exact) mass is 297 g/mol. The summed E-state index contributed by atoms with van der Waals surface area (Å²) in [6.07, 6.45) is 5.49. The summed E-state index contributed by atoms with van der Waals surface area (Å²) in [4.78, 5) is 17.2. The lowest BCUT2D eigenvalue weighted by atomic mass is 9.83. The van der Waals surface area contributed by atoms with Gasteiger partial charge in [0.25, 0.3) is 0 Å². The van der Waals surface area contributed by atoms with E-state index in [1.165, 1.54) is 5.54 Å². The number of carbonyl (C=O) groups is 1. The first-order valence-corrected chi connectivity index (χ1v) is 7.08. The number of aliphatic hydroxyl groups excluding tert-OH is 1. The van der Waals surface area contributed by atoms with Crippen LogP contribution in [0.4, 0.5) is 0 Å². The smallest absolute Gasteiger partial charge is 0.168 e. The molecule has 0 aromatic carbocycles. The number of halogens is 1. The number of hydrogen-bond donors (Lipinski definition) is 1. The Kier molecular flexibility index (Phi) is 7.09. The highest BCUT2D eigenvalue weighted by molar-refractivity contribution is 6.25. The van der Waals surface area contributed by atoms with Crippen molar-refractivity contribution in [3.05, 3.63) is 35.6 Å². The summed E-state index contributed by atoms with van der Waals surface area (Å²) >= 11 is 5.37. The third kappa shape index (κ3) is 4.53. The quantitative estimate of drug-likeness (QED) is 0.336. The van der Waals surface area contributed by atoms with Crippen LogP contribution < -0.4 is 0 Å². The summed E-state index contributed by atoms with van der Waals surface area (Å²) in [7, 11) is 0. The van der Waals surface area contributed by atoms with Crippen LogP contribution in [-0.2, 0) is 9.63 Å². The molecular formula is C15H20ClNO3. The molecule has 1 aliphatic rings. The lowest BCUT2D eigenvalue weighted by Crippen LogP contribution is -2.24. The topological polar surface area (TPSA) is 58.9 Å². The fourth-order valence-electron chi connectivity index (χ4n) is 2.18. The van der Waals surface area contributed by atoms with Gasteiger partial charge in [-0.05, 0) is 24.8 Å². The molecule has 110 valence electrons. The van der Waals surface area contributed by atoms with Gasteiger partial charge >= 0.3 is 0 Å². The van der Waals surface area contributed by atoms with Gasteiger partial charge in [-0.2, -0.15) is 0 Å². The molecule has 0 spiro atoms. The van der Waals surface area contributed by atoms with Crippen LogP contribution in [0.25, 0.3) is 0 Å². The summed E-state index contributed by atoms with van der Waals surface area (Å²) in [6.45, 7) is 5.76. The molecule has 0 saturated carbocycles. The molecule has 0 aliphatic heterocycles. The van der Waals surface area contributed by atoms with Crippen molar-refractivity contribution in [2.24, 2.45) is 11.1 Å². The van der Waals surface area contributed by atoms with Crippen LogP contribution >= 0.6 is 11.6 Å². The van der Waals surface area contributed by atoms with Crippen LogP contribution in [0.3, 0.4) is 0 Å². The van der Waals surface area contributed by atoms with Crippen molar-refractivity contribution in [1.29, 1.82) is 0 Å². The molecule has 1 N–H and O–H groups in total. The highest BCUT2D eigenvalue weighted by Gasteiger charge is 2.29. The van der Waals surface area contributed by atoms with Crippen LogP contribution in [0, 0.1) is 5.92 Å². The summed E-state index contributed by atoms with van der Waals surface area (Å²) in [6, 6.07) is 0. The SMILES string of the molecule is C=CCC1CC(=O)C(/C(CC)=N\OC/C=C/Cl)=C(O)C1. The molecule has 1 unspecified atom stereocenters. The molecule has 0 radical (unpaired) electrons. The van der Waals surface area contributed by atoms with Crippen LogP contribution in [0.1, 0.15) is 32.6 Å². The number of aliphatic hydroxyl groups is 1. The number of hydrogen-bond acceptors (Lipinski definition) is 4. The predicted octanol–water partition coefficient (Wildman–Crippen LogP) is 3.89. The number of Topliss-reactive ketones (excluding diaryl/α,β-unsaturated/α-hetero) is 1. The van der Waals surface area contributed by atoms with Gasteiger partial charge < -0.3 is 9.94 Å². The molecule has 1 rings (SSSR count). The molecule has 0 amide bonds. The van der Waals surface area contributed by atoms with E-state index in [0.717, 1.165) is 6.42 Å². The average Bonchev–Trinajstić information content (AvgIpc) is 2.41. The number of rotatable bonds is 7. The minimum absolute atomic E-state index is 0.0855. The van der Waals surface area contributed by atoms with Crippen molar-refractivity contribution in [3.8, 4) is 0 Å². The Bertz CT molecular complexity index is 452. The Balaban J connectivity index is 2.87. The number of allylic oxidation sites excluding steroid dienone is 3. The highest BCUT2D eigenvalue weighted by Crippen LogP contribution is 2.29. The summed E-state index contributed by atoms with van der Waals surface area (Å²) < 4.78 is 0. The van der Waals surface area contributed by atoms with Crippen molar-refractivity contribution in [3.63, 3.8) is 0 Å². The Morgan fingerprint density at radius 1 is 1.60 bits per heavy atom. The molecule has 0 aromatic heterocycles. The van der Waals surface area contributed by atoms with E-state index < -0.39 is 0 Å². The van der Waals surface area contributed by atoms with E-state index in [4.69, 9.17) is 16.4 Å². The largest absolute Gasteiger partial charge is 0.511 e. The molecule has 0 fully saturated rings. The van der Waals surface area contributed by atoms with Crippen LogP contribution in [0.15, 0.2) is 40.8 Å². The van der Waals surface area contributed by atoms with E-state index in [1.54, 1.807) is 12.2 Å². The molecule has 0 saturated heterocycles. The second-order valence-electron chi connectivity index (χ2n) is 4.59. The summed E-state index contributed by atoms with van der Waals surface area (Å²) in [5.74, 6) is 0.143. The van der Waals surface area contributed by atoms with Crippen molar-refractivity contribution in [1.82, 2.24) is 0 Å². The molecule has 5 heteroatoms. The van der Waals surface area contributed by atoms with Crippen LogP contribution in [0.2, 0.25) is 0 Å². The maximum Gasteiger partial charge on any atom is 0.168 e. The molecule has 0 heterocycles. The Morgan fingerprint density at radius 2 is 2.35 bits per heavy atom. The van der Waals surface area contributed by atoms with Crippen molar-refractivity contribution < 1.29 is 14.7 Å². The lowest BCUT2D eigenvalue weighted by Gasteiger charge is -2.22. The van der Waals surface area contributed by atoms with E-state index in [9.17, 15) is 9.90 Å². The Morgan fingerprint density at radius 3 is 2.90 bits per heavy atom. The molecule has 1 aliphatic carbocycles. The molecular weight excluding hydrogens is 278 g/mol. The molecule has 20 heavy (non-hydrogen) atoms. The van der Waals surface area contributed by atoms with Gasteiger partial charge in [0, 0.05) is 18.4 Å². The zero-order chi connectivity index (χ0) is 15.0. The molecule has 0 aromatic rings. The predicted molar refractivity (Wildman–Crippen MR) is 80.9 cm³/mol. The molecule has 1 atom stereocenters. The second kappa shape index (κ2) is 8.59. The summed E-state index contributed by atoms with van der Waals surface area (Å²) in [5.41, 5.74) is 2.12.